The van der Waals surface area contributed by atoms with Crippen LogP contribution < -0.4 is 0 Å². The fourth-order valence-electron chi connectivity index (χ4n) is 1.76. The fraction of sp³-hybridized carbons (Fsp3) is 0.833. The monoisotopic (exact) mass is 227 g/mol. The lowest BCUT2D eigenvalue weighted by molar-refractivity contribution is 0.505. The number of aromatic nitrogens is 3. The zero-order valence-corrected chi connectivity index (χ0v) is 10.4. The van der Waals surface area contributed by atoms with E-state index in [0.29, 0.717) is 5.69 Å². The molecule has 0 radical (unpaired) electrons. The molecule has 0 atom stereocenters. The van der Waals surface area contributed by atoms with Crippen molar-refractivity contribution in [1.82, 2.24) is 15.0 Å². The highest BCUT2D eigenvalue weighted by molar-refractivity contribution is 4.97. The van der Waals surface area contributed by atoms with E-state index in [9.17, 15) is 4.39 Å². The fourth-order valence-corrected chi connectivity index (χ4v) is 1.76. The molecule has 0 aromatic carbocycles. The van der Waals surface area contributed by atoms with Crippen LogP contribution in [0.5, 0.6) is 0 Å². The lowest BCUT2D eigenvalue weighted by Crippen LogP contribution is -2.06. The molecule has 4 heteroatoms. The highest BCUT2D eigenvalue weighted by Crippen LogP contribution is 2.10. The van der Waals surface area contributed by atoms with Gasteiger partial charge in [-0.1, -0.05) is 49.8 Å². The highest BCUT2D eigenvalue weighted by Gasteiger charge is 2.11. The van der Waals surface area contributed by atoms with Crippen LogP contribution in [0.3, 0.4) is 0 Å². The van der Waals surface area contributed by atoms with Gasteiger partial charge in [-0.15, -0.1) is 0 Å². The molecular formula is C12H22FN3. The van der Waals surface area contributed by atoms with E-state index in [1.807, 2.05) is 0 Å². The van der Waals surface area contributed by atoms with Gasteiger partial charge < -0.3 is 0 Å². The number of rotatable bonds is 8. The lowest BCUT2D eigenvalue weighted by Gasteiger charge is -2.05. The van der Waals surface area contributed by atoms with Crippen molar-refractivity contribution in [2.75, 3.05) is 0 Å². The zero-order valence-electron chi connectivity index (χ0n) is 10.4. The Morgan fingerprint density at radius 3 is 2.50 bits per heavy atom. The molecule has 0 aliphatic rings. The van der Waals surface area contributed by atoms with Crippen LogP contribution in [0.1, 0.15) is 58.1 Å². The van der Waals surface area contributed by atoms with E-state index in [-0.39, 0.29) is 5.95 Å². The van der Waals surface area contributed by atoms with Crippen LogP contribution in [-0.2, 0) is 13.0 Å². The number of hydrogen-bond donors (Lipinski definition) is 0. The Labute approximate surface area is 97.0 Å². The van der Waals surface area contributed by atoms with Crippen LogP contribution in [0.25, 0.3) is 0 Å². The average Bonchev–Trinajstić information content (AvgIpc) is 2.63. The molecule has 0 amide bonds. The molecule has 1 heterocycles. The summed E-state index contributed by atoms with van der Waals surface area (Å²) in [4.78, 5) is 0. The second-order valence-corrected chi connectivity index (χ2v) is 4.21. The molecule has 0 unspecified atom stereocenters. The van der Waals surface area contributed by atoms with Crippen LogP contribution in [0.15, 0.2) is 0 Å². The Balaban J connectivity index is 2.44. The highest BCUT2D eigenvalue weighted by atomic mass is 19.1. The molecular weight excluding hydrogens is 205 g/mol. The third-order valence-electron chi connectivity index (χ3n) is 2.78. The Kier molecular flexibility index (Phi) is 6.04. The molecule has 0 spiro atoms. The van der Waals surface area contributed by atoms with Crippen molar-refractivity contribution in [3.8, 4) is 0 Å². The lowest BCUT2D eigenvalue weighted by atomic mass is 10.2. The number of nitrogens with zero attached hydrogens (tertiary/aromatic N) is 3. The molecule has 0 saturated carbocycles. The molecule has 0 aliphatic carbocycles. The molecule has 0 saturated heterocycles. The van der Waals surface area contributed by atoms with Crippen LogP contribution in [-0.4, -0.2) is 15.0 Å². The van der Waals surface area contributed by atoms with Gasteiger partial charge in [0.1, 0.15) is 0 Å². The molecule has 1 rings (SSSR count). The number of aryl methyl sites for hydroxylation is 1. The number of halogens is 1. The van der Waals surface area contributed by atoms with Crippen molar-refractivity contribution in [2.45, 2.75) is 65.3 Å². The third kappa shape index (κ3) is 3.91. The second kappa shape index (κ2) is 7.36. The van der Waals surface area contributed by atoms with Gasteiger partial charge in [0.25, 0.3) is 5.95 Å². The summed E-state index contributed by atoms with van der Waals surface area (Å²) in [6.07, 6.45) is 7.53. The van der Waals surface area contributed by atoms with Gasteiger partial charge in [-0.25, -0.2) is 4.68 Å². The van der Waals surface area contributed by atoms with Crippen LogP contribution in [0.2, 0.25) is 0 Å². The molecule has 0 fully saturated rings. The normalized spacial score (nSPS) is 10.9. The van der Waals surface area contributed by atoms with Gasteiger partial charge in [-0.05, 0) is 19.3 Å². The predicted molar refractivity (Wildman–Crippen MR) is 62.7 cm³/mol. The maximum Gasteiger partial charge on any atom is 0.255 e. The molecule has 3 nitrogen and oxygen atoms in total. The first-order chi connectivity index (χ1) is 7.79. The quantitative estimate of drug-likeness (QED) is 0.638. The minimum Gasteiger partial charge on any atom is -0.246 e. The van der Waals surface area contributed by atoms with E-state index in [1.165, 1.54) is 19.3 Å². The van der Waals surface area contributed by atoms with E-state index in [0.717, 1.165) is 32.2 Å². The van der Waals surface area contributed by atoms with Gasteiger partial charge >= 0.3 is 0 Å². The van der Waals surface area contributed by atoms with E-state index >= 15 is 0 Å². The molecule has 16 heavy (non-hydrogen) atoms. The van der Waals surface area contributed by atoms with Gasteiger partial charge in [0.05, 0.1) is 5.69 Å². The molecule has 0 bridgehead atoms. The number of hydrogen-bond acceptors (Lipinski definition) is 2. The van der Waals surface area contributed by atoms with Crippen molar-refractivity contribution in [2.24, 2.45) is 0 Å². The van der Waals surface area contributed by atoms with E-state index < -0.39 is 0 Å². The third-order valence-corrected chi connectivity index (χ3v) is 2.78. The van der Waals surface area contributed by atoms with Gasteiger partial charge in [0.2, 0.25) is 0 Å². The van der Waals surface area contributed by atoms with Gasteiger partial charge in [0, 0.05) is 6.54 Å². The van der Waals surface area contributed by atoms with Gasteiger partial charge in [0.15, 0.2) is 0 Å². The Morgan fingerprint density at radius 1 is 1.06 bits per heavy atom. The Hall–Kier alpha value is -0.930. The first kappa shape index (κ1) is 13.1. The van der Waals surface area contributed by atoms with Gasteiger partial charge in [-0.3, -0.25) is 0 Å². The minimum absolute atomic E-state index is 0.385. The van der Waals surface area contributed by atoms with Crippen LogP contribution in [0, 0.1) is 5.95 Å². The largest absolute Gasteiger partial charge is 0.255 e. The zero-order chi connectivity index (χ0) is 11.8. The first-order valence-corrected chi connectivity index (χ1v) is 6.37. The standard InChI is InChI=1S/C12H22FN3/c1-3-5-7-8-10-16-11(9-6-4-2)12(13)14-15-16/h3-10H2,1-2H3. The van der Waals surface area contributed by atoms with E-state index in [2.05, 4.69) is 24.2 Å². The Bertz CT molecular complexity index is 296. The van der Waals surface area contributed by atoms with E-state index in [1.54, 1.807) is 4.68 Å². The van der Waals surface area contributed by atoms with Crippen molar-refractivity contribution in [3.05, 3.63) is 11.6 Å². The molecule has 92 valence electrons. The Morgan fingerprint density at radius 2 is 1.81 bits per heavy atom. The summed E-state index contributed by atoms with van der Waals surface area (Å²) in [5.41, 5.74) is 0.679. The SMILES string of the molecule is CCCCCCn1nnc(F)c1CCCC. The van der Waals surface area contributed by atoms with Crippen LogP contribution >= 0.6 is 0 Å². The summed E-state index contributed by atoms with van der Waals surface area (Å²) in [6, 6.07) is 0. The molecule has 0 aliphatic heterocycles. The van der Waals surface area contributed by atoms with E-state index in [4.69, 9.17) is 0 Å². The maximum atomic E-state index is 13.3. The minimum atomic E-state index is -0.385. The van der Waals surface area contributed by atoms with Crippen LogP contribution in [0.4, 0.5) is 4.39 Å². The predicted octanol–water partition coefficient (Wildman–Crippen LogP) is 3.34. The van der Waals surface area contributed by atoms with Crippen molar-refractivity contribution >= 4 is 0 Å². The smallest absolute Gasteiger partial charge is 0.246 e. The second-order valence-electron chi connectivity index (χ2n) is 4.21. The molecule has 0 N–H and O–H groups in total. The van der Waals surface area contributed by atoms with Crippen molar-refractivity contribution in [1.29, 1.82) is 0 Å². The summed E-state index contributed by atoms with van der Waals surface area (Å²) < 4.78 is 15.1. The summed E-state index contributed by atoms with van der Waals surface area (Å²) in [5, 5.41) is 7.37. The van der Waals surface area contributed by atoms with Crippen molar-refractivity contribution < 1.29 is 4.39 Å². The topological polar surface area (TPSA) is 30.7 Å². The summed E-state index contributed by atoms with van der Waals surface area (Å²) in [6.45, 7) is 5.09. The maximum absolute atomic E-state index is 13.3. The number of unbranched alkanes of at least 4 members (excludes halogenated alkanes) is 4. The molecule has 1 aromatic heterocycles. The first-order valence-electron chi connectivity index (χ1n) is 6.37. The average molecular weight is 227 g/mol. The summed E-state index contributed by atoms with van der Waals surface area (Å²) in [5.74, 6) is -0.385. The summed E-state index contributed by atoms with van der Waals surface area (Å²) >= 11 is 0. The van der Waals surface area contributed by atoms with Crippen molar-refractivity contribution in [3.63, 3.8) is 0 Å². The molecule has 1 aromatic rings. The van der Waals surface area contributed by atoms with Gasteiger partial charge in [-0.2, -0.15) is 4.39 Å². The summed E-state index contributed by atoms with van der Waals surface area (Å²) in [7, 11) is 0.